The molecular weight excluding hydrogens is 250 g/mol. The molecular formula is C13H21NO3S. The van der Waals surface area contributed by atoms with Gasteiger partial charge in [-0.2, -0.15) is 0 Å². The first-order valence-electron chi connectivity index (χ1n) is 6.10. The van der Waals surface area contributed by atoms with Crippen LogP contribution in [0.2, 0.25) is 0 Å². The van der Waals surface area contributed by atoms with Crippen molar-refractivity contribution in [2.24, 2.45) is 0 Å². The molecule has 0 bridgehead atoms. The molecule has 5 heteroatoms. The fraction of sp³-hybridized carbons (Fsp3) is 0.538. The first-order chi connectivity index (χ1) is 8.51. The predicted molar refractivity (Wildman–Crippen MR) is 72.8 cm³/mol. The number of nitrogens with one attached hydrogen (secondary N) is 1. The van der Waals surface area contributed by atoms with Crippen LogP contribution in [0.15, 0.2) is 29.2 Å². The normalized spacial score (nSPS) is 13.3. The minimum absolute atomic E-state index is 0.0696. The van der Waals surface area contributed by atoms with Gasteiger partial charge in [0.15, 0.2) is 9.84 Å². The van der Waals surface area contributed by atoms with Crippen molar-refractivity contribution in [2.45, 2.75) is 31.2 Å². The zero-order valence-electron chi connectivity index (χ0n) is 11.1. The number of ether oxygens (including phenoxy) is 1. The molecule has 1 N–H and O–H groups in total. The summed E-state index contributed by atoms with van der Waals surface area (Å²) in [6.45, 7) is 4.75. The van der Waals surface area contributed by atoms with Gasteiger partial charge in [-0.1, -0.05) is 19.1 Å². The number of hydrogen-bond donors (Lipinski definition) is 1. The summed E-state index contributed by atoms with van der Waals surface area (Å²) in [4.78, 5) is 0.262. The average molecular weight is 271 g/mol. The largest absolute Gasteiger partial charge is 0.495 e. The van der Waals surface area contributed by atoms with Crippen LogP contribution in [0.25, 0.3) is 0 Å². The van der Waals surface area contributed by atoms with E-state index in [1.807, 2.05) is 6.92 Å². The first kappa shape index (κ1) is 15.0. The smallest absolute Gasteiger partial charge is 0.183 e. The van der Waals surface area contributed by atoms with E-state index in [0.717, 1.165) is 13.0 Å². The van der Waals surface area contributed by atoms with E-state index in [-0.39, 0.29) is 16.7 Å². The average Bonchev–Trinajstić information content (AvgIpc) is 2.35. The van der Waals surface area contributed by atoms with Gasteiger partial charge in [0.1, 0.15) is 10.6 Å². The molecule has 4 nitrogen and oxygen atoms in total. The Bertz CT molecular complexity index is 471. The molecule has 1 rings (SSSR count). The van der Waals surface area contributed by atoms with E-state index in [4.69, 9.17) is 4.74 Å². The summed E-state index contributed by atoms with van der Waals surface area (Å²) in [6, 6.07) is 6.65. The van der Waals surface area contributed by atoms with Crippen LogP contribution in [-0.4, -0.2) is 33.9 Å². The number of methoxy groups -OCH3 is 1. The highest BCUT2D eigenvalue weighted by atomic mass is 32.2. The summed E-state index contributed by atoms with van der Waals surface area (Å²) >= 11 is 0. The second kappa shape index (κ2) is 6.75. The van der Waals surface area contributed by atoms with Gasteiger partial charge in [-0.05, 0) is 32.0 Å². The van der Waals surface area contributed by atoms with Crippen molar-refractivity contribution in [3.8, 4) is 5.75 Å². The van der Waals surface area contributed by atoms with Crippen molar-refractivity contribution < 1.29 is 13.2 Å². The Kier molecular flexibility index (Phi) is 5.62. The van der Waals surface area contributed by atoms with Crippen LogP contribution in [0.1, 0.15) is 20.3 Å². The second-order valence-electron chi connectivity index (χ2n) is 4.29. The summed E-state index contributed by atoms with van der Waals surface area (Å²) in [5.74, 6) is 0.480. The molecule has 0 fully saturated rings. The standard InChI is InChI=1S/C13H21NO3S/c1-4-9-14-11(2)10-18(15,16)13-8-6-5-7-12(13)17-3/h5-8,11,14H,4,9-10H2,1-3H3. The van der Waals surface area contributed by atoms with Gasteiger partial charge in [-0.15, -0.1) is 0 Å². The lowest BCUT2D eigenvalue weighted by atomic mass is 10.3. The summed E-state index contributed by atoms with van der Waals surface area (Å²) in [5.41, 5.74) is 0. The third kappa shape index (κ3) is 3.99. The van der Waals surface area contributed by atoms with E-state index in [0.29, 0.717) is 5.75 Å². The molecule has 0 spiro atoms. The van der Waals surface area contributed by atoms with Crippen molar-refractivity contribution in [3.63, 3.8) is 0 Å². The van der Waals surface area contributed by atoms with Gasteiger partial charge in [0.05, 0.1) is 12.9 Å². The number of rotatable bonds is 7. The Morgan fingerprint density at radius 1 is 1.33 bits per heavy atom. The lowest BCUT2D eigenvalue weighted by Gasteiger charge is -2.15. The van der Waals surface area contributed by atoms with Crippen molar-refractivity contribution in [2.75, 3.05) is 19.4 Å². The van der Waals surface area contributed by atoms with Gasteiger partial charge in [0, 0.05) is 6.04 Å². The van der Waals surface area contributed by atoms with Gasteiger partial charge in [0.25, 0.3) is 0 Å². The lowest BCUT2D eigenvalue weighted by Crippen LogP contribution is -2.33. The summed E-state index contributed by atoms with van der Waals surface area (Å²) in [7, 11) is -1.84. The third-order valence-electron chi connectivity index (χ3n) is 2.62. The predicted octanol–water partition coefficient (Wildman–Crippen LogP) is 1.86. The molecule has 0 heterocycles. The molecule has 0 radical (unpaired) electrons. The van der Waals surface area contributed by atoms with Crippen molar-refractivity contribution in [1.29, 1.82) is 0 Å². The lowest BCUT2D eigenvalue weighted by molar-refractivity contribution is 0.402. The number of hydrogen-bond acceptors (Lipinski definition) is 4. The summed E-state index contributed by atoms with van der Waals surface area (Å²) in [5, 5.41) is 3.18. The van der Waals surface area contributed by atoms with E-state index in [1.54, 1.807) is 24.3 Å². The van der Waals surface area contributed by atoms with Crippen LogP contribution in [0, 0.1) is 0 Å². The van der Waals surface area contributed by atoms with Crippen LogP contribution in [-0.2, 0) is 9.84 Å². The number of sulfone groups is 1. The highest BCUT2D eigenvalue weighted by Crippen LogP contribution is 2.24. The number of benzene rings is 1. The monoisotopic (exact) mass is 271 g/mol. The summed E-state index contributed by atoms with van der Waals surface area (Å²) < 4.78 is 29.6. The van der Waals surface area contributed by atoms with Crippen LogP contribution < -0.4 is 10.1 Å². The van der Waals surface area contributed by atoms with Gasteiger partial charge in [-0.25, -0.2) is 8.42 Å². The highest BCUT2D eigenvalue weighted by molar-refractivity contribution is 7.91. The Balaban J connectivity index is 2.86. The Hall–Kier alpha value is -1.07. The Labute approximate surface area is 109 Å². The fourth-order valence-electron chi connectivity index (χ4n) is 1.74. The molecule has 1 unspecified atom stereocenters. The van der Waals surface area contributed by atoms with Crippen LogP contribution in [0.3, 0.4) is 0 Å². The molecule has 0 aliphatic carbocycles. The maximum Gasteiger partial charge on any atom is 0.183 e. The molecule has 0 aliphatic rings. The molecule has 0 aliphatic heterocycles. The Morgan fingerprint density at radius 3 is 2.61 bits per heavy atom. The first-order valence-corrected chi connectivity index (χ1v) is 7.75. The van der Waals surface area contributed by atoms with Gasteiger partial charge in [0.2, 0.25) is 0 Å². The molecule has 1 aromatic rings. The summed E-state index contributed by atoms with van der Waals surface area (Å²) in [6.07, 6.45) is 0.985. The molecule has 18 heavy (non-hydrogen) atoms. The fourth-order valence-corrected chi connectivity index (χ4v) is 3.44. The molecule has 1 aromatic carbocycles. The maximum atomic E-state index is 12.3. The minimum Gasteiger partial charge on any atom is -0.495 e. The third-order valence-corrected chi connectivity index (χ3v) is 4.56. The van der Waals surface area contributed by atoms with E-state index in [9.17, 15) is 8.42 Å². The molecule has 1 atom stereocenters. The minimum atomic E-state index is -3.32. The topological polar surface area (TPSA) is 55.4 Å². The molecule has 0 saturated heterocycles. The van der Waals surface area contributed by atoms with E-state index >= 15 is 0 Å². The maximum absolute atomic E-state index is 12.3. The van der Waals surface area contributed by atoms with Crippen LogP contribution >= 0.6 is 0 Å². The Morgan fingerprint density at radius 2 is 2.00 bits per heavy atom. The highest BCUT2D eigenvalue weighted by Gasteiger charge is 2.21. The van der Waals surface area contributed by atoms with E-state index in [1.165, 1.54) is 7.11 Å². The molecule has 102 valence electrons. The van der Waals surface area contributed by atoms with Crippen LogP contribution in [0.5, 0.6) is 5.75 Å². The second-order valence-corrected chi connectivity index (χ2v) is 6.29. The van der Waals surface area contributed by atoms with Crippen LogP contribution in [0.4, 0.5) is 0 Å². The SMILES string of the molecule is CCCNC(C)CS(=O)(=O)c1ccccc1OC. The van der Waals surface area contributed by atoms with E-state index in [2.05, 4.69) is 12.2 Å². The van der Waals surface area contributed by atoms with Gasteiger partial charge >= 0.3 is 0 Å². The zero-order chi connectivity index (χ0) is 13.6. The quantitative estimate of drug-likeness (QED) is 0.822. The van der Waals surface area contributed by atoms with Crippen molar-refractivity contribution in [1.82, 2.24) is 5.32 Å². The van der Waals surface area contributed by atoms with E-state index < -0.39 is 9.84 Å². The van der Waals surface area contributed by atoms with Crippen molar-refractivity contribution >= 4 is 9.84 Å². The van der Waals surface area contributed by atoms with Gasteiger partial charge < -0.3 is 10.1 Å². The van der Waals surface area contributed by atoms with Crippen molar-refractivity contribution in [3.05, 3.63) is 24.3 Å². The molecule has 0 aromatic heterocycles. The molecule has 0 saturated carbocycles. The molecule has 0 amide bonds. The van der Waals surface area contributed by atoms with Gasteiger partial charge in [-0.3, -0.25) is 0 Å². The number of para-hydroxylation sites is 1. The zero-order valence-corrected chi connectivity index (χ0v) is 12.0.